The molecule has 18 heavy (non-hydrogen) atoms. The van der Waals surface area contributed by atoms with Crippen LogP contribution in [0, 0.1) is 12.8 Å². The zero-order chi connectivity index (χ0) is 13.9. The monoisotopic (exact) mass is 265 g/mol. The van der Waals surface area contributed by atoms with Crippen molar-refractivity contribution in [3.63, 3.8) is 0 Å². The SMILES string of the molecule is Cc1ccc(OCC(C)C(N)=S)c(C(C)(C)C)c1. The van der Waals surface area contributed by atoms with Crippen LogP contribution in [0.5, 0.6) is 5.75 Å². The van der Waals surface area contributed by atoms with Crippen LogP contribution in [-0.4, -0.2) is 11.6 Å². The Balaban J connectivity index is 2.92. The predicted octanol–water partition coefficient (Wildman–Crippen LogP) is 3.59. The second-order valence-electron chi connectivity index (χ2n) is 5.86. The molecule has 0 heterocycles. The summed E-state index contributed by atoms with van der Waals surface area (Å²) in [5.41, 5.74) is 8.13. The normalized spacial score (nSPS) is 13.2. The first-order valence-electron chi connectivity index (χ1n) is 6.25. The van der Waals surface area contributed by atoms with Crippen LogP contribution in [0.2, 0.25) is 0 Å². The molecule has 0 spiro atoms. The fourth-order valence-electron chi connectivity index (χ4n) is 1.65. The number of hydrogen-bond donors (Lipinski definition) is 1. The summed E-state index contributed by atoms with van der Waals surface area (Å²) in [4.78, 5) is 0.499. The molecule has 0 aromatic heterocycles. The molecule has 0 saturated carbocycles. The van der Waals surface area contributed by atoms with Gasteiger partial charge in [0.25, 0.3) is 0 Å². The summed E-state index contributed by atoms with van der Waals surface area (Å²) in [6, 6.07) is 6.28. The van der Waals surface area contributed by atoms with E-state index in [0.29, 0.717) is 11.6 Å². The Kier molecular flexibility index (Phi) is 4.74. The molecule has 0 aliphatic carbocycles. The highest BCUT2D eigenvalue weighted by Crippen LogP contribution is 2.32. The highest BCUT2D eigenvalue weighted by Gasteiger charge is 2.19. The van der Waals surface area contributed by atoms with Gasteiger partial charge in [-0.2, -0.15) is 0 Å². The third kappa shape index (κ3) is 3.98. The largest absolute Gasteiger partial charge is 0.493 e. The molecule has 1 unspecified atom stereocenters. The maximum Gasteiger partial charge on any atom is 0.123 e. The summed E-state index contributed by atoms with van der Waals surface area (Å²) in [6.45, 7) is 11.2. The first-order chi connectivity index (χ1) is 8.21. The van der Waals surface area contributed by atoms with E-state index in [1.54, 1.807) is 0 Å². The Bertz CT molecular complexity index is 435. The molecule has 0 aliphatic heterocycles. The van der Waals surface area contributed by atoms with Crippen molar-refractivity contribution >= 4 is 17.2 Å². The molecule has 0 amide bonds. The molecule has 3 heteroatoms. The molecule has 0 bridgehead atoms. The third-order valence-electron chi connectivity index (χ3n) is 2.92. The molecule has 0 aliphatic rings. The number of nitrogens with two attached hydrogens (primary N) is 1. The van der Waals surface area contributed by atoms with Gasteiger partial charge in [0.15, 0.2) is 0 Å². The lowest BCUT2D eigenvalue weighted by Crippen LogP contribution is -2.25. The van der Waals surface area contributed by atoms with Gasteiger partial charge >= 0.3 is 0 Å². The van der Waals surface area contributed by atoms with E-state index in [1.165, 1.54) is 11.1 Å². The molecule has 1 aromatic carbocycles. The van der Waals surface area contributed by atoms with Crippen LogP contribution >= 0.6 is 12.2 Å². The number of aryl methyl sites for hydroxylation is 1. The lowest BCUT2D eigenvalue weighted by molar-refractivity contribution is 0.286. The van der Waals surface area contributed by atoms with Crippen LogP contribution in [0.3, 0.4) is 0 Å². The minimum absolute atomic E-state index is 0.0633. The smallest absolute Gasteiger partial charge is 0.123 e. The molecular weight excluding hydrogens is 242 g/mol. The van der Waals surface area contributed by atoms with Crippen LogP contribution in [-0.2, 0) is 5.41 Å². The molecule has 0 saturated heterocycles. The van der Waals surface area contributed by atoms with Gasteiger partial charge in [-0.1, -0.05) is 57.6 Å². The minimum atomic E-state index is 0.0633. The maximum atomic E-state index is 5.87. The van der Waals surface area contributed by atoms with E-state index >= 15 is 0 Å². The topological polar surface area (TPSA) is 35.2 Å². The summed E-state index contributed by atoms with van der Waals surface area (Å²) < 4.78 is 5.87. The average molecular weight is 265 g/mol. The van der Waals surface area contributed by atoms with Gasteiger partial charge in [-0.05, 0) is 24.0 Å². The Hall–Kier alpha value is -1.09. The molecule has 2 N–H and O–H groups in total. The molecule has 1 atom stereocenters. The highest BCUT2D eigenvalue weighted by atomic mass is 32.1. The van der Waals surface area contributed by atoms with Crippen molar-refractivity contribution in [2.45, 2.75) is 40.0 Å². The van der Waals surface area contributed by atoms with E-state index < -0.39 is 0 Å². The first kappa shape index (κ1) is 15.0. The lowest BCUT2D eigenvalue weighted by Gasteiger charge is -2.24. The van der Waals surface area contributed by atoms with Gasteiger partial charge in [-0.25, -0.2) is 0 Å². The summed E-state index contributed by atoms with van der Waals surface area (Å²) in [5.74, 6) is 1.02. The van der Waals surface area contributed by atoms with Crippen molar-refractivity contribution in [2.75, 3.05) is 6.61 Å². The van der Waals surface area contributed by atoms with Gasteiger partial charge in [0, 0.05) is 5.92 Å². The van der Waals surface area contributed by atoms with Gasteiger partial charge in [-0.3, -0.25) is 0 Å². The standard InChI is InChI=1S/C15H23NOS/c1-10-6-7-13(12(8-10)15(3,4)5)17-9-11(2)14(16)18/h6-8,11H,9H2,1-5H3,(H2,16,18). The summed E-state index contributed by atoms with van der Waals surface area (Å²) in [7, 11) is 0. The Labute approximate surface area is 116 Å². The van der Waals surface area contributed by atoms with Gasteiger partial charge < -0.3 is 10.5 Å². The van der Waals surface area contributed by atoms with Crippen molar-refractivity contribution in [1.29, 1.82) is 0 Å². The number of benzene rings is 1. The summed E-state index contributed by atoms with van der Waals surface area (Å²) in [5, 5.41) is 0. The van der Waals surface area contributed by atoms with Crippen LogP contribution in [0.25, 0.3) is 0 Å². The van der Waals surface area contributed by atoms with Crippen molar-refractivity contribution in [1.82, 2.24) is 0 Å². The van der Waals surface area contributed by atoms with E-state index in [1.807, 2.05) is 13.0 Å². The number of ether oxygens (including phenoxy) is 1. The average Bonchev–Trinajstić information content (AvgIpc) is 2.25. The molecule has 1 rings (SSSR count). The zero-order valence-corrected chi connectivity index (χ0v) is 12.7. The van der Waals surface area contributed by atoms with E-state index in [0.717, 1.165) is 5.75 Å². The number of rotatable bonds is 4. The second kappa shape index (κ2) is 5.70. The summed E-state index contributed by atoms with van der Waals surface area (Å²) >= 11 is 4.96. The third-order valence-corrected chi connectivity index (χ3v) is 3.32. The van der Waals surface area contributed by atoms with Crippen LogP contribution < -0.4 is 10.5 Å². The van der Waals surface area contributed by atoms with E-state index in [4.69, 9.17) is 22.7 Å². The quantitative estimate of drug-likeness (QED) is 0.845. The van der Waals surface area contributed by atoms with Crippen LogP contribution in [0.1, 0.15) is 38.8 Å². The Morgan fingerprint density at radius 3 is 2.50 bits per heavy atom. The van der Waals surface area contributed by atoms with Crippen molar-refractivity contribution in [3.05, 3.63) is 29.3 Å². The molecular formula is C15H23NOS. The van der Waals surface area contributed by atoms with E-state index in [2.05, 4.69) is 39.8 Å². The van der Waals surface area contributed by atoms with Gasteiger partial charge in [-0.15, -0.1) is 0 Å². The molecule has 0 fully saturated rings. The van der Waals surface area contributed by atoms with Gasteiger partial charge in [0.05, 0.1) is 11.6 Å². The second-order valence-corrected chi connectivity index (χ2v) is 6.34. The van der Waals surface area contributed by atoms with Gasteiger partial charge in [0.2, 0.25) is 0 Å². The van der Waals surface area contributed by atoms with Crippen molar-refractivity contribution in [3.8, 4) is 5.75 Å². The van der Waals surface area contributed by atoms with Crippen LogP contribution in [0.4, 0.5) is 0 Å². The molecule has 1 aromatic rings. The molecule has 100 valence electrons. The Morgan fingerprint density at radius 2 is 2.00 bits per heavy atom. The lowest BCUT2D eigenvalue weighted by atomic mass is 9.85. The number of thiocarbonyl (C=S) groups is 1. The van der Waals surface area contributed by atoms with E-state index in [9.17, 15) is 0 Å². The zero-order valence-electron chi connectivity index (χ0n) is 11.9. The Morgan fingerprint density at radius 1 is 1.39 bits per heavy atom. The fraction of sp³-hybridized carbons (Fsp3) is 0.533. The minimum Gasteiger partial charge on any atom is -0.493 e. The van der Waals surface area contributed by atoms with Crippen molar-refractivity contribution in [2.24, 2.45) is 11.7 Å². The fourth-order valence-corrected chi connectivity index (χ4v) is 1.72. The van der Waals surface area contributed by atoms with Gasteiger partial charge in [0.1, 0.15) is 5.75 Å². The highest BCUT2D eigenvalue weighted by molar-refractivity contribution is 7.80. The molecule has 2 nitrogen and oxygen atoms in total. The maximum absolute atomic E-state index is 5.87. The first-order valence-corrected chi connectivity index (χ1v) is 6.66. The number of hydrogen-bond acceptors (Lipinski definition) is 2. The molecule has 0 radical (unpaired) electrons. The van der Waals surface area contributed by atoms with E-state index in [-0.39, 0.29) is 11.3 Å². The predicted molar refractivity (Wildman–Crippen MR) is 81.3 cm³/mol. The van der Waals surface area contributed by atoms with Crippen LogP contribution in [0.15, 0.2) is 18.2 Å². The summed E-state index contributed by atoms with van der Waals surface area (Å²) in [6.07, 6.45) is 0. The van der Waals surface area contributed by atoms with Crippen molar-refractivity contribution < 1.29 is 4.74 Å².